The number of aromatic nitrogens is 1. The fourth-order valence-corrected chi connectivity index (χ4v) is 2.43. The van der Waals surface area contributed by atoms with Crippen LogP contribution < -0.4 is 5.32 Å². The summed E-state index contributed by atoms with van der Waals surface area (Å²) in [5, 5.41) is 13.4. The van der Waals surface area contributed by atoms with Crippen LogP contribution in [0.2, 0.25) is 0 Å². The molecule has 0 aliphatic rings. The first-order chi connectivity index (χ1) is 10.3. The van der Waals surface area contributed by atoms with Crippen molar-refractivity contribution < 1.29 is 5.11 Å². The Bertz CT molecular complexity index is 754. The minimum absolute atomic E-state index is 0.107. The molecular formula is C18H18N2O. The summed E-state index contributed by atoms with van der Waals surface area (Å²) in [4.78, 5) is 4.77. The highest BCUT2D eigenvalue weighted by Crippen LogP contribution is 2.28. The quantitative estimate of drug-likeness (QED) is 0.766. The van der Waals surface area contributed by atoms with Gasteiger partial charge in [-0.2, -0.15) is 0 Å². The monoisotopic (exact) mass is 278 g/mol. The number of pyridine rings is 1. The highest BCUT2D eigenvalue weighted by atomic mass is 16.3. The summed E-state index contributed by atoms with van der Waals surface area (Å²) in [5.41, 5.74) is 5.19. The second-order valence-corrected chi connectivity index (χ2v) is 5.09. The Labute approximate surface area is 124 Å². The van der Waals surface area contributed by atoms with Gasteiger partial charge >= 0.3 is 0 Å². The molecule has 0 saturated heterocycles. The Morgan fingerprint density at radius 3 is 2.62 bits per heavy atom. The summed E-state index contributed by atoms with van der Waals surface area (Å²) in [5.74, 6) is 0. The molecule has 0 unspecified atom stereocenters. The zero-order valence-corrected chi connectivity index (χ0v) is 12.0. The topological polar surface area (TPSA) is 45.1 Å². The summed E-state index contributed by atoms with van der Waals surface area (Å²) in [7, 11) is 0. The standard InChI is InChI=1S/C18H18N2O/c1-13-7-8-15-17(19-9-10-21)12-16(20-18(15)11-13)14-5-3-2-4-6-14/h2-8,11-12,21H,9-10H2,1H3,(H,19,20). The third-order valence-corrected chi connectivity index (χ3v) is 3.46. The van der Waals surface area contributed by atoms with Crippen molar-refractivity contribution in [2.24, 2.45) is 0 Å². The molecule has 0 amide bonds. The fraction of sp³-hybridized carbons (Fsp3) is 0.167. The number of hydrogen-bond acceptors (Lipinski definition) is 3. The fourth-order valence-electron chi connectivity index (χ4n) is 2.43. The Morgan fingerprint density at radius 1 is 1.05 bits per heavy atom. The lowest BCUT2D eigenvalue weighted by molar-refractivity contribution is 0.311. The van der Waals surface area contributed by atoms with Crippen LogP contribution in [0.3, 0.4) is 0 Å². The zero-order chi connectivity index (χ0) is 14.7. The zero-order valence-electron chi connectivity index (χ0n) is 12.0. The molecule has 106 valence electrons. The summed E-state index contributed by atoms with van der Waals surface area (Å²) < 4.78 is 0. The van der Waals surface area contributed by atoms with Crippen LogP contribution in [0.15, 0.2) is 54.6 Å². The molecule has 0 fully saturated rings. The molecule has 21 heavy (non-hydrogen) atoms. The number of fused-ring (bicyclic) bond motifs is 1. The van der Waals surface area contributed by atoms with Crippen molar-refractivity contribution in [3.8, 4) is 11.3 Å². The highest BCUT2D eigenvalue weighted by Gasteiger charge is 2.07. The first-order valence-corrected chi connectivity index (χ1v) is 7.09. The number of anilines is 1. The molecule has 3 heteroatoms. The van der Waals surface area contributed by atoms with Gasteiger partial charge in [0.15, 0.2) is 0 Å². The van der Waals surface area contributed by atoms with Gasteiger partial charge in [-0.25, -0.2) is 4.98 Å². The molecule has 0 aliphatic heterocycles. The predicted molar refractivity (Wildman–Crippen MR) is 87.5 cm³/mol. The number of rotatable bonds is 4. The van der Waals surface area contributed by atoms with Crippen LogP contribution in [0.1, 0.15) is 5.56 Å². The second kappa shape index (κ2) is 5.94. The van der Waals surface area contributed by atoms with Gasteiger partial charge < -0.3 is 10.4 Å². The van der Waals surface area contributed by atoms with Gasteiger partial charge in [0.1, 0.15) is 0 Å². The van der Waals surface area contributed by atoms with Crippen molar-refractivity contribution in [2.75, 3.05) is 18.5 Å². The van der Waals surface area contributed by atoms with E-state index in [2.05, 4.69) is 42.6 Å². The Morgan fingerprint density at radius 2 is 1.86 bits per heavy atom. The van der Waals surface area contributed by atoms with Gasteiger partial charge in [0.05, 0.1) is 17.8 Å². The van der Waals surface area contributed by atoms with E-state index < -0.39 is 0 Å². The van der Waals surface area contributed by atoms with E-state index in [1.165, 1.54) is 5.56 Å². The van der Waals surface area contributed by atoms with Gasteiger partial charge in [0.25, 0.3) is 0 Å². The minimum Gasteiger partial charge on any atom is -0.395 e. The predicted octanol–water partition coefficient (Wildman–Crippen LogP) is 3.61. The van der Waals surface area contributed by atoms with Crippen LogP contribution in [0.5, 0.6) is 0 Å². The molecule has 0 aliphatic carbocycles. The lowest BCUT2D eigenvalue weighted by atomic mass is 10.1. The lowest BCUT2D eigenvalue weighted by Crippen LogP contribution is -2.06. The molecule has 1 aromatic heterocycles. The Balaban J connectivity index is 2.17. The van der Waals surface area contributed by atoms with Crippen molar-refractivity contribution in [3.63, 3.8) is 0 Å². The molecule has 3 nitrogen and oxygen atoms in total. The van der Waals surface area contributed by atoms with Crippen LogP contribution in [0, 0.1) is 6.92 Å². The second-order valence-electron chi connectivity index (χ2n) is 5.09. The number of aryl methyl sites for hydroxylation is 1. The van der Waals surface area contributed by atoms with Crippen LogP contribution in [-0.4, -0.2) is 23.2 Å². The SMILES string of the molecule is Cc1ccc2c(NCCO)cc(-c3ccccc3)nc2c1. The maximum absolute atomic E-state index is 9.05. The average molecular weight is 278 g/mol. The normalized spacial score (nSPS) is 10.8. The molecule has 1 heterocycles. The van der Waals surface area contributed by atoms with Crippen LogP contribution in [-0.2, 0) is 0 Å². The smallest absolute Gasteiger partial charge is 0.0732 e. The molecule has 0 radical (unpaired) electrons. The summed E-state index contributed by atoms with van der Waals surface area (Å²) >= 11 is 0. The molecule has 0 bridgehead atoms. The molecule has 0 saturated carbocycles. The first kappa shape index (κ1) is 13.6. The van der Waals surface area contributed by atoms with E-state index in [-0.39, 0.29) is 6.61 Å². The number of aliphatic hydroxyl groups is 1. The first-order valence-electron chi connectivity index (χ1n) is 7.09. The van der Waals surface area contributed by atoms with Gasteiger partial charge in [-0.05, 0) is 24.6 Å². The number of nitrogens with one attached hydrogen (secondary N) is 1. The molecule has 2 N–H and O–H groups in total. The van der Waals surface area contributed by atoms with Gasteiger partial charge in [0.2, 0.25) is 0 Å². The van der Waals surface area contributed by atoms with E-state index in [9.17, 15) is 0 Å². The number of hydrogen-bond donors (Lipinski definition) is 2. The van der Waals surface area contributed by atoms with Gasteiger partial charge in [-0.15, -0.1) is 0 Å². The Kier molecular flexibility index (Phi) is 3.84. The molecular weight excluding hydrogens is 260 g/mol. The van der Waals surface area contributed by atoms with Crippen molar-refractivity contribution in [1.82, 2.24) is 4.98 Å². The third-order valence-electron chi connectivity index (χ3n) is 3.46. The van der Waals surface area contributed by atoms with Gasteiger partial charge in [0, 0.05) is 23.2 Å². The lowest BCUT2D eigenvalue weighted by Gasteiger charge is -2.12. The van der Waals surface area contributed by atoms with Crippen molar-refractivity contribution in [2.45, 2.75) is 6.92 Å². The average Bonchev–Trinajstić information content (AvgIpc) is 2.52. The molecule has 3 rings (SSSR count). The molecule has 3 aromatic rings. The number of aliphatic hydroxyl groups excluding tert-OH is 1. The third kappa shape index (κ3) is 2.88. The van der Waals surface area contributed by atoms with Crippen LogP contribution >= 0.6 is 0 Å². The minimum atomic E-state index is 0.107. The largest absolute Gasteiger partial charge is 0.395 e. The van der Waals surface area contributed by atoms with Crippen molar-refractivity contribution >= 4 is 16.6 Å². The highest BCUT2D eigenvalue weighted by molar-refractivity contribution is 5.94. The van der Waals surface area contributed by atoms with Gasteiger partial charge in [-0.1, -0.05) is 42.5 Å². The van der Waals surface area contributed by atoms with E-state index in [1.54, 1.807) is 0 Å². The van der Waals surface area contributed by atoms with E-state index in [0.29, 0.717) is 6.54 Å². The maximum atomic E-state index is 9.05. The summed E-state index contributed by atoms with van der Waals surface area (Å²) in [6.07, 6.45) is 0. The Hall–Kier alpha value is -2.39. The maximum Gasteiger partial charge on any atom is 0.0732 e. The van der Waals surface area contributed by atoms with Crippen molar-refractivity contribution in [1.29, 1.82) is 0 Å². The summed E-state index contributed by atoms with van der Waals surface area (Å²) in [6, 6.07) is 18.4. The van der Waals surface area contributed by atoms with Crippen molar-refractivity contribution in [3.05, 3.63) is 60.2 Å². The summed E-state index contributed by atoms with van der Waals surface area (Å²) in [6.45, 7) is 2.70. The molecule has 2 aromatic carbocycles. The van der Waals surface area contributed by atoms with E-state index in [0.717, 1.165) is 27.8 Å². The van der Waals surface area contributed by atoms with Crippen LogP contribution in [0.25, 0.3) is 22.2 Å². The molecule has 0 spiro atoms. The molecule has 0 atom stereocenters. The van der Waals surface area contributed by atoms with E-state index in [1.807, 2.05) is 24.3 Å². The number of benzene rings is 2. The van der Waals surface area contributed by atoms with Gasteiger partial charge in [-0.3, -0.25) is 0 Å². The van der Waals surface area contributed by atoms with Crippen LogP contribution in [0.4, 0.5) is 5.69 Å². The number of nitrogens with zero attached hydrogens (tertiary/aromatic N) is 1. The van der Waals surface area contributed by atoms with E-state index in [4.69, 9.17) is 10.1 Å². The van der Waals surface area contributed by atoms with E-state index >= 15 is 0 Å².